The largest absolute Gasteiger partial charge is 0.354 e. The van der Waals surface area contributed by atoms with Crippen molar-refractivity contribution in [3.05, 3.63) is 35.4 Å². The van der Waals surface area contributed by atoms with Gasteiger partial charge in [-0.1, -0.05) is 24.3 Å². The molecule has 2 amide bonds. The molecule has 5 heteroatoms. The van der Waals surface area contributed by atoms with Crippen LogP contribution in [0.2, 0.25) is 0 Å². The van der Waals surface area contributed by atoms with Crippen LogP contribution >= 0.6 is 0 Å². The van der Waals surface area contributed by atoms with Gasteiger partial charge in [0.2, 0.25) is 11.8 Å². The first-order valence-corrected chi connectivity index (χ1v) is 8.51. The molecule has 5 nitrogen and oxygen atoms in total. The number of rotatable bonds is 7. The van der Waals surface area contributed by atoms with Crippen molar-refractivity contribution in [3.8, 4) is 0 Å². The zero-order valence-electron chi connectivity index (χ0n) is 14.1. The van der Waals surface area contributed by atoms with Gasteiger partial charge in [-0.2, -0.15) is 0 Å². The third kappa shape index (κ3) is 4.79. The molecule has 1 aromatic rings. The first-order chi connectivity index (χ1) is 11.2. The molecule has 1 aliphatic heterocycles. The van der Waals surface area contributed by atoms with E-state index in [0.29, 0.717) is 19.6 Å². The Morgan fingerprint density at radius 1 is 1.22 bits per heavy atom. The van der Waals surface area contributed by atoms with Crippen molar-refractivity contribution in [2.75, 3.05) is 26.2 Å². The molecule has 1 aliphatic rings. The first kappa shape index (κ1) is 17.5. The number of carbonyl (C=O) groups excluding carboxylic acids is 2. The Bertz CT molecular complexity index is 541. The number of fused-ring (bicyclic) bond motifs is 1. The molecule has 0 fully saturated rings. The lowest BCUT2D eigenvalue weighted by molar-refractivity contribution is -0.133. The van der Waals surface area contributed by atoms with Gasteiger partial charge in [-0.15, -0.1) is 0 Å². The standard InChI is InChI=1S/C18H27N3O2/c1-3-21(4-2)18(23)10-9-17(22)20-13-16-15-8-6-5-7-14(15)11-12-19-16/h5-8,16,19H,3-4,9-13H2,1-2H3,(H,20,22). The van der Waals surface area contributed by atoms with Crippen molar-refractivity contribution in [2.45, 2.75) is 39.2 Å². The second-order valence-electron chi connectivity index (χ2n) is 5.83. The van der Waals surface area contributed by atoms with Crippen LogP contribution in [-0.4, -0.2) is 42.9 Å². The zero-order valence-corrected chi connectivity index (χ0v) is 14.1. The van der Waals surface area contributed by atoms with E-state index >= 15 is 0 Å². The molecule has 1 aromatic carbocycles. The average molecular weight is 317 g/mol. The summed E-state index contributed by atoms with van der Waals surface area (Å²) in [6.07, 6.45) is 1.56. The fourth-order valence-electron chi connectivity index (χ4n) is 3.03. The molecule has 0 saturated heterocycles. The van der Waals surface area contributed by atoms with E-state index in [-0.39, 0.29) is 30.7 Å². The van der Waals surface area contributed by atoms with Gasteiger partial charge in [-0.3, -0.25) is 9.59 Å². The van der Waals surface area contributed by atoms with E-state index in [0.717, 1.165) is 13.0 Å². The summed E-state index contributed by atoms with van der Waals surface area (Å²) >= 11 is 0. The Labute approximate surface area is 138 Å². The van der Waals surface area contributed by atoms with Crippen LogP contribution < -0.4 is 10.6 Å². The molecule has 2 rings (SSSR count). The molecule has 0 radical (unpaired) electrons. The SMILES string of the molecule is CCN(CC)C(=O)CCC(=O)NCC1NCCc2ccccc21. The number of hydrogen-bond acceptors (Lipinski definition) is 3. The predicted molar refractivity (Wildman–Crippen MR) is 91.1 cm³/mol. The smallest absolute Gasteiger partial charge is 0.223 e. The third-order valence-electron chi connectivity index (χ3n) is 4.40. The molecule has 0 bridgehead atoms. The Morgan fingerprint density at radius 3 is 2.70 bits per heavy atom. The second kappa shape index (κ2) is 8.67. The Morgan fingerprint density at radius 2 is 1.96 bits per heavy atom. The van der Waals surface area contributed by atoms with E-state index < -0.39 is 0 Å². The van der Waals surface area contributed by atoms with Crippen LogP contribution in [-0.2, 0) is 16.0 Å². The van der Waals surface area contributed by atoms with Crippen LogP contribution in [0.25, 0.3) is 0 Å². The van der Waals surface area contributed by atoms with Gasteiger partial charge in [0.05, 0.1) is 0 Å². The molecule has 2 N–H and O–H groups in total. The summed E-state index contributed by atoms with van der Waals surface area (Å²) in [7, 11) is 0. The van der Waals surface area contributed by atoms with Crippen molar-refractivity contribution in [1.82, 2.24) is 15.5 Å². The highest BCUT2D eigenvalue weighted by molar-refractivity contribution is 5.83. The second-order valence-corrected chi connectivity index (χ2v) is 5.83. The van der Waals surface area contributed by atoms with Crippen molar-refractivity contribution >= 4 is 11.8 Å². The topological polar surface area (TPSA) is 61.4 Å². The minimum Gasteiger partial charge on any atom is -0.354 e. The van der Waals surface area contributed by atoms with Gasteiger partial charge < -0.3 is 15.5 Å². The normalized spacial score (nSPS) is 16.5. The van der Waals surface area contributed by atoms with Gasteiger partial charge >= 0.3 is 0 Å². The molecule has 126 valence electrons. The lowest BCUT2D eigenvalue weighted by Crippen LogP contribution is -2.39. The van der Waals surface area contributed by atoms with Gasteiger partial charge in [0.1, 0.15) is 0 Å². The van der Waals surface area contributed by atoms with Crippen LogP contribution in [0.4, 0.5) is 0 Å². The van der Waals surface area contributed by atoms with Crippen LogP contribution in [0.1, 0.15) is 43.9 Å². The van der Waals surface area contributed by atoms with E-state index in [9.17, 15) is 9.59 Å². The lowest BCUT2D eigenvalue weighted by atomic mass is 9.94. The lowest BCUT2D eigenvalue weighted by Gasteiger charge is -2.27. The molecular weight excluding hydrogens is 290 g/mol. The molecular formula is C18H27N3O2. The fourth-order valence-corrected chi connectivity index (χ4v) is 3.03. The Balaban J connectivity index is 1.78. The van der Waals surface area contributed by atoms with Crippen molar-refractivity contribution in [3.63, 3.8) is 0 Å². The molecule has 0 aliphatic carbocycles. The summed E-state index contributed by atoms with van der Waals surface area (Å²) in [6.45, 7) is 6.79. The first-order valence-electron chi connectivity index (χ1n) is 8.51. The zero-order chi connectivity index (χ0) is 16.7. The molecule has 1 unspecified atom stereocenters. The van der Waals surface area contributed by atoms with E-state index in [2.05, 4.69) is 28.8 Å². The predicted octanol–water partition coefficient (Wildman–Crippen LogP) is 1.64. The number of nitrogens with zero attached hydrogens (tertiary/aromatic N) is 1. The highest BCUT2D eigenvalue weighted by Crippen LogP contribution is 2.21. The number of carbonyl (C=O) groups is 2. The number of nitrogens with one attached hydrogen (secondary N) is 2. The van der Waals surface area contributed by atoms with E-state index in [1.54, 1.807) is 4.90 Å². The van der Waals surface area contributed by atoms with Gasteiger partial charge in [0.25, 0.3) is 0 Å². The maximum absolute atomic E-state index is 12.0. The van der Waals surface area contributed by atoms with Crippen molar-refractivity contribution < 1.29 is 9.59 Å². The summed E-state index contributed by atoms with van der Waals surface area (Å²) in [5, 5.41) is 6.39. The number of amides is 2. The minimum absolute atomic E-state index is 0.0475. The summed E-state index contributed by atoms with van der Waals surface area (Å²) < 4.78 is 0. The van der Waals surface area contributed by atoms with Crippen LogP contribution in [0.3, 0.4) is 0 Å². The molecule has 1 atom stereocenters. The molecule has 0 spiro atoms. The van der Waals surface area contributed by atoms with Crippen LogP contribution in [0.5, 0.6) is 0 Å². The molecule has 1 heterocycles. The van der Waals surface area contributed by atoms with Gasteiger partial charge in [-0.05, 0) is 37.9 Å². The molecule has 23 heavy (non-hydrogen) atoms. The highest BCUT2D eigenvalue weighted by atomic mass is 16.2. The van der Waals surface area contributed by atoms with E-state index in [1.165, 1.54) is 11.1 Å². The Kier molecular flexibility index (Phi) is 6.59. The van der Waals surface area contributed by atoms with Gasteiger partial charge in [0, 0.05) is 38.5 Å². The van der Waals surface area contributed by atoms with Gasteiger partial charge in [-0.25, -0.2) is 0 Å². The number of benzene rings is 1. The summed E-state index contributed by atoms with van der Waals surface area (Å²) in [5.74, 6) is -0.0124. The van der Waals surface area contributed by atoms with Crippen molar-refractivity contribution in [1.29, 1.82) is 0 Å². The van der Waals surface area contributed by atoms with E-state index in [4.69, 9.17) is 0 Å². The maximum Gasteiger partial charge on any atom is 0.223 e. The van der Waals surface area contributed by atoms with Crippen LogP contribution in [0, 0.1) is 0 Å². The molecule has 0 saturated carbocycles. The average Bonchev–Trinajstić information content (AvgIpc) is 2.59. The summed E-state index contributed by atoms with van der Waals surface area (Å²) in [6, 6.07) is 8.50. The maximum atomic E-state index is 12.0. The number of hydrogen-bond donors (Lipinski definition) is 2. The van der Waals surface area contributed by atoms with Crippen LogP contribution in [0.15, 0.2) is 24.3 Å². The van der Waals surface area contributed by atoms with Crippen molar-refractivity contribution in [2.24, 2.45) is 0 Å². The van der Waals surface area contributed by atoms with Gasteiger partial charge in [0.15, 0.2) is 0 Å². The minimum atomic E-state index is -0.0599. The fraction of sp³-hybridized carbons (Fsp3) is 0.556. The quantitative estimate of drug-likeness (QED) is 0.804. The summed E-state index contributed by atoms with van der Waals surface area (Å²) in [4.78, 5) is 25.7. The van der Waals surface area contributed by atoms with E-state index in [1.807, 2.05) is 19.9 Å². The molecule has 0 aromatic heterocycles. The third-order valence-corrected chi connectivity index (χ3v) is 4.40. The monoisotopic (exact) mass is 317 g/mol. The Hall–Kier alpha value is -1.88. The highest BCUT2D eigenvalue weighted by Gasteiger charge is 2.19. The summed E-state index contributed by atoms with van der Waals surface area (Å²) in [5.41, 5.74) is 2.61.